The molecule has 0 rings (SSSR count). The Morgan fingerprint density at radius 1 is 0.686 bits per heavy atom. The van der Waals surface area contributed by atoms with Gasteiger partial charge in [0.1, 0.15) is 5.41 Å². The zero-order chi connectivity index (χ0) is 27.6. The lowest BCUT2D eigenvalue weighted by molar-refractivity contribution is -0.152. The van der Waals surface area contributed by atoms with Gasteiger partial charge in [0, 0.05) is 6.08 Å². The first kappa shape index (κ1) is 37.8. The fourth-order valence-corrected chi connectivity index (χ4v) is 1.85. The van der Waals surface area contributed by atoms with Crippen LogP contribution in [-0.2, 0) is 28.5 Å². The van der Waals surface area contributed by atoms with E-state index in [0.717, 1.165) is 6.08 Å². The average molecular weight is 519 g/mol. The molecule has 0 heterocycles. The quantitative estimate of drug-likeness (QED) is 0.0606. The summed E-state index contributed by atoms with van der Waals surface area (Å²) >= 11 is 0. The number of carboxylic acid groups (broad SMARTS) is 2. The van der Waals surface area contributed by atoms with Gasteiger partial charge in [-0.25, -0.2) is 4.79 Å². The van der Waals surface area contributed by atoms with E-state index in [1.165, 1.54) is 6.92 Å². The highest BCUT2D eigenvalue weighted by Crippen LogP contribution is 2.20. The number of carboxylic acids is 2. The first-order chi connectivity index (χ1) is 16.6. The van der Waals surface area contributed by atoms with Gasteiger partial charge in [-0.3, -0.25) is 4.79 Å². The van der Waals surface area contributed by atoms with Gasteiger partial charge in [-0.2, -0.15) is 0 Å². The maximum Gasteiger partial charge on any atom is 0.327 e. The minimum atomic E-state index is -1.39. The van der Waals surface area contributed by atoms with Crippen LogP contribution in [0.15, 0.2) is 12.7 Å². The Hall–Kier alpha value is -1.72. The number of aliphatic carboxylic acids is 2. The lowest BCUT2D eigenvalue weighted by atomic mass is 9.92. The second-order valence-electron chi connectivity index (χ2n) is 7.33. The van der Waals surface area contributed by atoms with Crippen LogP contribution in [0.3, 0.4) is 0 Å². The summed E-state index contributed by atoms with van der Waals surface area (Å²) in [5.74, 6) is -2.17. The van der Waals surface area contributed by atoms with Crippen molar-refractivity contribution in [1.29, 1.82) is 0 Å². The molecule has 0 radical (unpaired) electrons. The molecule has 0 aliphatic heterocycles. The normalized spacial score (nSPS) is 11.1. The Bertz CT molecular complexity index is 465. The van der Waals surface area contributed by atoms with Crippen LogP contribution in [0.4, 0.5) is 0 Å². The predicted octanol–water partition coefficient (Wildman–Crippen LogP) is -2.67. The van der Waals surface area contributed by atoms with Gasteiger partial charge in [-0.05, 0) is 6.92 Å². The first-order valence-corrected chi connectivity index (χ1v) is 10.6. The van der Waals surface area contributed by atoms with Crippen LogP contribution < -0.4 is 0 Å². The lowest BCUT2D eigenvalue weighted by Gasteiger charge is -2.32. The standard InChI is InChI=1S/C13H28O8.C5H10O4.C3H4O2/c14-1-5-18-9-13(10-19-6-2-15,11-20-7-3-16)12-21-8-4-17;1-5(2-6,3-7)4(8)9;1-2-3(4)5/h14-17H,1-12H2;6-7H,2-3H2,1H3,(H,8,9);2H,1H2,(H,4,5). The third-order valence-electron chi connectivity index (χ3n) is 3.96. The number of rotatable bonds is 20. The largest absolute Gasteiger partial charge is 0.481 e. The summed E-state index contributed by atoms with van der Waals surface area (Å²) in [7, 11) is 0. The molecular formula is C21H42O14. The van der Waals surface area contributed by atoms with Crippen molar-refractivity contribution in [2.75, 3.05) is 92.5 Å². The number of hydrogen-bond acceptors (Lipinski definition) is 12. The van der Waals surface area contributed by atoms with Crippen molar-refractivity contribution in [2.24, 2.45) is 10.8 Å². The van der Waals surface area contributed by atoms with E-state index >= 15 is 0 Å². The van der Waals surface area contributed by atoms with Gasteiger partial charge >= 0.3 is 11.9 Å². The zero-order valence-electron chi connectivity index (χ0n) is 20.2. The molecule has 0 aliphatic carbocycles. The molecule has 14 nitrogen and oxygen atoms in total. The first-order valence-electron chi connectivity index (χ1n) is 10.6. The Morgan fingerprint density at radius 3 is 1.06 bits per heavy atom. The zero-order valence-corrected chi connectivity index (χ0v) is 20.2. The highest BCUT2D eigenvalue weighted by molar-refractivity contribution is 5.78. The third-order valence-corrected chi connectivity index (χ3v) is 3.96. The fraction of sp³-hybridized carbons (Fsp3) is 0.810. The highest BCUT2D eigenvalue weighted by Gasteiger charge is 2.32. The van der Waals surface area contributed by atoms with Crippen molar-refractivity contribution >= 4 is 11.9 Å². The molecule has 14 heteroatoms. The summed E-state index contributed by atoms with van der Waals surface area (Å²) in [6.07, 6.45) is 0.833. The van der Waals surface area contributed by atoms with Crippen molar-refractivity contribution in [1.82, 2.24) is 0 Å². The molecule has 0 aromatic heterocycles. The number of aliphatic hydroxyl groups excluding tert-OH is 6. The summed E-state index contributed by atoms with van der Waals surface area (Å²) in [6, 6.07) is 0. The minimum absolute atomic E-state index is 0.0947. The van der Waals surface area contributed by atoms with Gasteiger partial charge < -0.3 is 59.8 Å². The molecule has 0 bridgehead atoms. The molecule has 0 atom stereocenters. The molecule has 0 aromatic carbocycles. The smallest absolute Gasteiger partial charge is 0.327 e. The summed E-state index contributed by atoms with van der Waals surface area (Å²) in [6.45, 7) is 4.43. The Kier molecular flexibility index (Phi) is 27.4. The maximum atomic E-state index is 10.2. The molecule has 8 N–H and O–H groups in total. The van der Waals surface area contributed by atoms with Crippen LogP contribution in [-0.4, -0.2) is 145 Å². The molecule has 0 unspecified atom stereocenters. The average Bonchev–Trinajstić information content (AvgIpc) is 2.84. The van der Waals surface area contributed by atoms with Crippen LogP contribution in [0, 0.1) is 10.8 Å². The number of ether oxygens (including phenoxy) is 4. The van der Waals surface area contributed by atoms with Gasteiger partial charge in [0.05, 0.1) is 97.9 Å². The molecule has 35 heavy (non-hydrogen) atoms. The van der Waals surface area contributed by atoms with E-state index in [9.17, 15) is 9.59 Å². The number of carbonyl (C=O) groups is 2. The molecular weight excluding hydrogens is 476 g/mol. The second kappa shape index (κ2) is 25.4. The van der Waals surface area contributed by atoms with Crippen LogP contribution in [0.5, 0.6) is 0 Å². The van der Waals surface area contributed by atoms with Crippen molar-refractivity contribution in [3.8, 4) is 0 Å². The van der Waals surface area contributed by atoms with Crippen LogP contribution in [0.25, 0.3) is 0 Å². The maximum absolute atomic E-state index is 10.2. The van der Waals surface area contributed by atoms with E-state index in [1.54, 1.807) is 0 Å². The van der Waals surface area contributed by atoms with Gasteiger partial charge in [-0.15, -0.1) is 0 Å². The van der Waals surface area contributed by atoms with E-state index in [0.29, 0.717) is 0 Å². The monoisotopic (exact) mass is 518 g/mol. The predicted molar refractivity (Wildman–Crippen MR) is 122 cm³/mol. The van der Waals surface area contributed by atoms with Crippen LogP contribution in [0.2, 0.25) is 0 Å². The highest BCUT2D eigenvalue weighted by atomic mass is 16.5. The van der Waals surface area contributed by atoms with E-state index in [-0.39, 0.29) is 79.3 Å². The van der Waals surface area contributed by atoms with E-state index in [4.69, 9.17) is 59.8 Å². The van der Waals surface area contributed by atoms with E-state index in [1.807, 2.05) is 0 Å². The minimum Gasteiger partial charge on any atom is -0.481 e. The van der Waals surface area contributed by atoms with Gasteiger partial charge in [0.15, 0.2) is 0 Å². The molecule has 0 saturated heterocycles. The van der Waals surface area contributed by atoms with E-state index in [2.05, 4.69) is 6.58 Å². The van der Waals surface area contributed by atoms with Gasteiger partial charge in [-0.1, -0.05) is 6.58 Å². The summed E-state index contributed by atoms with van der Waals surface area (Å²) in [4.78, 5) is 19.4. The Labute approximate surface area is 204 Å². The Morgan fingerprint density at radius 2 is 0.943 bits per heavy atom. The van der Waals surface area contributed by atoms with Crippen molar-refractivity contribution < 1.29 is 69.4 Å². The topological polar surface area (TPSA) is 233 Å². The summed E-state index contributed by atoms with van der Waals surface area (Å²) in [5, 5.41) is 67.9. The molecule has 0 amide bonds. The molecule has 210 valence electrons. The second-order valence-corrected chi connectivity index (χ2v) is 7.33. The van der Waals surface area contributed by atoms with E-state index < -0.39 is 36.0 Å². The molecule has 0 spiro atoms. The molecule has 0 aromatic rings. The lowest BCUT2D eigenvalue weighted by Crippen LogP contribution is -2.42. The molecule has 0 saturated carbocycles. The fourth-order valence-electron chi connectivity index (χ4n) is 1.85. The van der Waals surface area contributed by atoms with Crippen LogP contribution in [0.1, 0.15) is 6.92 Å². The summed E-state index contributed by atoms with van der Waals surface area (Å²) in [5.41, 5.74) is -2.02. The SMILES string of the molecule is C=CC(=O)O.CC(CO)(CO)C(=O)O.OCCOCC(COCCO)(COCCO)COCCO. The number of aliphatic hydroxyl groups is 6. The third kappa shape index (κ3) is 22.5. The molecule has 0 fully saturated rings. The number of hydrogen-bond donors (Lipinski definition) is 8. The van der Waals surface area contributed by atoms with Gasteiger partial charge in [0.25, 0.3) is 0 Å². The van der Waals surface area contributed by atoms with Crippen molar-refractivity contribution in [3.05, 3.63) is 12.7 Å². The van der Waals surface area contributed by atoms with Crippen molar-refractivity contribution in [3.63, 3.8) is 0 Å². The summed E-state index contributed by atoms with van der Waals surface area (Å²) < 4.78 is 21.5. The molecule has 0 aliphatic rings. The van der Waals surface area contributed by atoms with Crippen molar-refractivity contribution in [2.45, 2.75) is 6.92 Å². The van der Waals surface area contributed by atoms with Crippen LogP contribution >= 0.6 is 0 Å². The Balaban J connectivity index is -0.000000598. The van der Waals surface area contributed by atoms with Gasteiger partial charge in [0.2, 0.25) is 0 Å².